The molecule has 1 saturated heterocycles. The Morgan fingerprint density at radius 3 is 2.53 bits per heavy atom. The SMILES string of the molecule is C[C@H](CO)CCC1OC2C[C@H]3[C@@H]4CC[C@@H]5C[C@@H](O)CC[C@]5(C)[C@H]4CC[C@]3(C)[C@H]2[C@@H]1C. The van der Waals surface area contributed by atoms with Crippen LogP contribution in [0.1, 0.15) is 91.9 Å². The topological polar surface area (TPSA) is 49.7 Å². The average Bonchev–Trinajstić information content (AvgIpc) is 3.20. The van der Waals surface area contributed by atoms with Gasteiger partial charge in [0.1, 0.15) is 0 Å². The summed E-state index contributed by atoms with van der Waals surface area (Å²) in [6.07, 6.45) is 13.2. The molecule has 1 aliphatic heterocycles. The molecule has 1 heterocycles. The van der Waals surface area contributed by atoms with Crippen molar-refractivity contribution in [2.45, 2.75) is 110 Å². The Kier molecular flexibility index (Phi) is 5.60. The van der Waals surface area contributed by atoms with E-state index in [2.05, 4.69) is 27.7 Å². The number of rotatable bonds is 4. The van der Waals surface area contributed by atoms with Crippen LogP contribution in [0.2, 0.25) is 0 Å². The highest BCUT2D eigenvalue weighted by Crippen LogP contribution is 2.70. The first kappa shape index (κ1) is 21.7. The van der Waals surface area contributed by atoms with E-state index in [1.165, 1.54) is 38.5 Å². The molecule has 5 aliphatic rings. The molecule has 172 valence electrons. The second kappa shape index (κ2) is 7.73. The Balaban J connectivity index is 1.32. The number of aliphatic hydroxyl groups excluding tert-OH is 2. The maximum atomic E-state index is 10.3. The zero-order valence-electron chi connectivity index (χ0n) is 19.9. The van der Waals surface area contributed by atoms with Gasteiger partial charge < -0.3 is 14.9 Å². The van der Waals surface area contributed by atoms with Gasteiger partial charge in [-0.15, -0.1) is 0 Å². The van der Waals surface area contributed by atoms with Crippen molar-refractivity contribution in [2.24, 2.45) is 52.3 Å². The van der Waals surface area contributed by atoms with Gasteiger partial charge >= 0.3 is 0 Å². The number of hydrogen-bond donors (Lipinski definition) is 2. The highest BCUT2D eigenvalue weighted by Gasteiger charge is 2.65. The summed E-state index contributed by atoms with van der Waals surface area (Å²) in [5.74, 6) is 5.13. The van der Waals surface area contributed by atoms with Crippen molar-refractivity contribution in [3.8, 4) is 0 Å². The van der Waals surface area contributed by atoms with Crippen molar-refractivity contribution in [3.05, 3.63) is 0 Å². The fraction of sp³-hybridized carbons (Fsp3) is 1.00. The lowest BCUT2D eigenvalue weighted by Crippen LogP contribution is -2.54. The quantitative estimate of drug-likeness (QED) is 0.640. The molecule has 4 aliphatic carbocycles. The summed E-state index contributed by atoms with van der Waals surface area (Å²) in [5.41, 5.74) is 0.927. The molecule has 0 bridgehead atoms. The zero-order chi connectivity index (χ0) is 21.3. The van der Waals surface area contributed by atoms with E-state index in [1.807, 2.05) is 0 Å². The van der Waals surface area contributed by atoms with E-state index in [4.69, 9.17) is 4.74 Å². The van der Waals surface area contributed by atoms with E-state index in [0.717, 1.165) is 55.3 Å². The van der Waals surface area contributed by atoms with Crippen LogP contribution < -0.4 is 0 Å². The molecule has 2 N–H and O–H groups in total. The van der Waals surface area contributed by atoms with Crippen LogP contribution in [0.15, 0.2) is 0 Å². The summed E-state index contributed by atoms with van der Waals surface area (Å²) in [5, 5.41) is 19.7. The van der Waals surface area contributed by atoms with Gasteiger partial charge in [0.25, 0.3) is 0 Å². The number of fused-ring (bicyclic) bond motifs is 7. The van der Waals surface area contributed by atoms with Crippen molar-refractivity contribution in [3.63, 3.8) is 0 Å². The summed E-state index contributed by atoms with van der Waals surface area (Å²) in [6.45, 7) is 10.2. The van der Waals surface area contributed by atoms with Crippen LogP contribution in [-0.2, 0) is 4.74 Å². The number of hydrogen-bond acceptors (Lipinski definition) is 3. The second-order valence-corrected chi connectivity index (χ2v) is 12.8. The van der Waals surface area contributed by atoms with Crippen LogP contribution in [0.5, 0.6) is 0 Å². The lowest BCUT2D eigenvalue weighted by atomic mass is 9.44. The molecule has 12 atom stereocenters. The van der Waals surface area contributed by atoms with Crippen molar-refractivity contribution in [1.29, 1.82) is 0 Å². The molecule has 30 heavy (non-hydrogen) atoms. The Hall–Kier alpha value is -0.120. The van der Waals surface area contributed by atoms with Crippen LogP contribution in [0, 0.1) is 52.3 Å². The van der Waals surface area contributed by atoms with Gasteiger partial charge in [0.2, 0.25) is 0 Å². The lowest BCUT2D eigenvalue weighted by Gasteiger charge is -2.61. The second-order valence-electron chi connectivity index (χ2n) is 12.8. The highest BCUT2D eigenvalue weighted by molar-refractivity contribution is 5.14. The normalized spacial score (nSPS) is 56.0. The molecule has 4 saturated carbocycles. The van der Waals surface area contributed by atoms with Gasteiger partial charge in [0, 0.05) is 6.61 Å². The first-order chi connectivity index (χ1) is 14.3. The zero-order valence-corrected chi connectivity index (χ0v) is 19.9. The van der Waals surface area contributed by atoms with Gasteiger partial charge in [-0.05, 0) is 116 Å². The first-order valence-electron chi connectivity index (χ1n) is 13.2. The Morgan fingerprint density at radius 1 is 1.00 bits per heavy atom. The first-order valence-corrected chi connectivity index (χ1v) is 13.2. The predicted molar refractivity (Wildman–Crippen MR) is 120 cm³/mol. The number of ether oxygens (including phenoxy) is 1. The van der Waals surface area contributed by atoms with E-state index in [0.29, 0.717) is 41.5 Å². The van der Waals surface area contributed by atoms with Crippen LogP contribution in [0.3, 0.4) is 0 Å². The largest absolute Gasteiger partial charge is 0.396 e. The molecule has 0 amide bonds. The molecule has 0 aromatic rings. The van der Waals surface area contributed by atoms with Crippen molar-refractivity contribution in [1.82, 2.24) is 0 Å². The summed E-state index contributed by atoms with van der Waals surface area (Å²) >= 11 is 0. The molecule has 0 radical (unpaired) electrons. The fourth-order valence-electron chi connectivity index (χ4n) is 9.79. The minimum Gasteiger partial charge on any atom is -0.396 e. The number of aliphatic hydroxyl groups is 2. The molecular weight excluding hydrogens is 372 g/mol. The Labute approximate surface area is 184 Å². The molecule has 0 aromatic heterocycles. The minimum absolute atomic E-state index is 0.0425. The molecule has 3 heteroatoms. The summed E-state index contributed by atoms with van der Waals surface area (Å²) < 4.78 is 6.76. The van der Waals surface area contributed by atoms with Gasteiger partial charge in [0.05, 0.1) is 18.3 Å². The molecule has 3 nitrogen and oxygen atoms in total. The lowest BCUT2D eigenvalue weighted by molar-refractivity contribution is -0.130. The van der Waals surface area contributed by atoms with Crippen LogP contribution >= 0.6 is 0 Å². The third-order valence-corrected chi connectivity index (χ3v) is 11.5. The summed E-state index contributed by atoms with van der Waals surface area (Å²) in [6, 6.07) is 0. The third-order valence-electron chi connectivity index (χ3n) is 11.5. The molecule has 5 rings (SSSR count). The Morgan fingerprint density at radius 2 is 1.77 bits per heavy atom. The van der Waals surface area contributed by atoms with E-state index >= 15 is 0 Å². The van der Waals surface area contributed by atoms with Crippen LogP contribution in [-0.4, -0.2) is 35.1 Å². The minimum atomic E-state index is -0.0425. The third kappa shape index (κ3) is 3.16. The Bertz CT molecular complexity index is 636. The van der Waals surface area contributed by atoms with Gasteiger partial charge in [-0.1, -0.05) is 27.7 Å². The van der Waals surface area contributed by atoms with Crippen molar-refractivity contribution < 1.29 is 14.9 Å². The van der Waals surface area contributed by atoms with Crippen LogP contribution in [0.4, 0.5) is 0 Å². The fourth-order valence-corrected chi connectivity index (χ4v) is 9.79. The molecule has 5 fully saturated rings. The van der Waals surface area contributed by atoms with E-state index in [-0.39, 0.29) is 6.10 Å². The standard InChI is InChI=1S/C27H46O3/c1-16(15-28)5-8-23-17(2)25-24(30-23)14-22-20-7-6-18-13-19(29)9-11-26(18,3)21(20)10-12-27(22,25)4/h16-25,28-29H,5-15H2,1-4H3/t16-,17+,18+,19-,20+,21-,22-,23?,24?,25-,26-,27-/m0/s1. The van der Waals surface area contributed by atoms with E-state index < -0.39 is 0 Å². The van der Waals surface area contributed by atoms with Gasteiger partial charge in [-0.2, -0.15) is 0 Å². The summed E-state index contributed by atoms with van der Waals surface area (Å²) in [4.78, 5) is 0. The van der Waals surface area contributed by atoms with Gasteiger partial charge in [0.15, 0.2) is 0 Å². The maximum Gasteiger partial charge on any atom is 0.0618 e. The van der Waals surface area contributed by atoms with Crippen LogP contribution in [0.25, 0.3) is 0 Å². The van der Waals surface area contributed by atoms with Gasteiger partial charge in [-0.25, -0.2) is 0 Å². The van der Waals surface area contributed by atoms with Crippen molar-refractivity contribution >= 4 is 0 Å². The van der Waals surface area contributed by atoms with Gasteiger partial charge in [-0.3, -0.25) is 0 Å². The maximum absolute atomic E-state index is 10.3. The van der Waals surface area contributed by atoms with Crippen molar-refractivity contribution in [2.75, 3.05) is 6.61 Å². The smallest absolute Gasteiger partial charge is 0.0618 e. The molecule has 0 aromatic carbocycles. The predicted octanol–water partition coefficient (Wildman–Crippen LogP) is 5.43. The molecule has 2 unspecified atom stereocenters. The summed E-state index contributed by atoms with van der Waals surface area (Å²) in [7, 11) is 0. The molecule has 0 spiro atoms. The van der Waals surface area contributed by atoms with E-state index in [1.54, 1.807) is 0 Å². The average molecular weight is 419 g/mol. The van der Waals surface area contributed by atoms with E-state index in [9.17, 15) is 10.2 Å². The molecular formula is C27H46O3. The highest BCUT2D eigenvalue weighted by atomic mass is 16.5. The monoisotopic (exact) mass is 418 g/mol.